The first kappa shape index (κ1) is 19.5. The van der Waals surface area contributed by atoms with Gasteiger partial charge in [0.05, 0.1) is 34.2 Å². The van der Waals surface area contributed by atoms with Crippen molar-refractivity contribution in [3.8, 4) is 6.07 Å². The minimum absolute atomic E-state index is 0.0387. The molecule has 1 aliphatic rings. The van der Waals surface area contributed by atoms with Crippen LogP contribution in [0.25, 0.3) is 0 Å². The van der Waals surface area contributed by atoms with Crippen LogP contribution in [-0.2, 0) is 16.2 Å². The molecule has 1 N–H and O–H groups in total. The highest BCUT2D eigenvalue weighted by Crippen LogP contribution is 2.38. The lowest BCUT2D eigenvalue weighted by Gasteiger charge is -2.25. The number of nitriles is 1. The number of sulfonamides is 1. The lowest BCUT2D eigenvalue weighted by atomic mass is 9.96. The second-order valence-electron chi connectivity index (χ2n) is 6.12. The molecule has 0 aliphatic carbocycles. The molecule has 3 atom stereocenters. The number of aliphatic hydroxyl groups excluding tert-OH is 1. The van der Waals surface area contributed by atoms with E-state index in [1.165, 1.54) is 12.1 Å². The van der Waals surface area contributed by atoms with Crippen molar-refractivity contribution in [2.75, 3.05) is 10.8 Å². The van der Waals surface area contributed by atoms with Gasteiger partial charge in [0, 0.05) is 12.5 Å². The molecule has 2 rings (SSSR count). The summed E-state index contributed by atoms with van der Waals surface area (Å²) in [7, 11) is -3.89. The van der Waals surface area contributed by atoms with Crippen molar-refractivity contribution in [1.82, 2.24) is 0 Å². The first-order chi connectivity index (χ1) is 11.5. The number of anilines is 1. The summed E-state index contributed by atoms with van der Waals surface area (Å²) in [6.07, 6.45) is -4.94. The lowest BCUT2D eigenvalue weighted by molar-refractivity contribution is -0.137. The largest absolute Gasteiger partial charge is 0.417 e. The molecular formula is C16H19F3N2O3S. The van der Waals surface area contributed by atoms with E-state index in [0.717, 1.165) is 10.4 Å². The highest BCUT2D eigenvalue weighted by Gasteiger charge is 2.44. The Balaban J connectivity index is 2.43. The van der Waals surface area contributed by atoms with E-state index in [0.29, 0.717) is 12.5 Å². The first-order valence-corrected chi connectivity index (χ1v) is 9.35. The summed E-state index contributed by atoms with van der Waals surface area (Å²) in [5.41, 5.74) is -1.83. The van der Waals surface area contributed by atoms with Gasteiger partial charge in [0.25, 0.3) is 0 Å². The van der Waals surface area contributed by atoms with Crippen molar-refractivity contribution in [3.05, 3.63) is 29.3 Å². The summed E-state index contributed by atoms with van der Waals surface area (Å²) >= 11 is 0. The highest BCUT2D eigenvalue weighted by molar-refractivity contribution is 7.93. The van der Waals surface area contributed by atoms with E-state index in [4.69, 9.17) is 5.26 Å². The molecule has 1 fully saturated rings. The van der Waals surface area contributed by atoms with E-state index in [1.54, 1.807) is 13.8 Å². The van der Waals surface area contributed by atoms with Gasteiger partial charge in [0.2, 0.25) is 10.0 Å². The molecule has 5 nitrogen and oxygen atoms in total. The Morgan fingerprint density at radius 1 is 1.44 bits per heavy atom. The SMILES string of the molecule is CC[C@@H](O)[C@@H](C)[C@H]1CCN(c2ccc(C#N)c(C(F)(F)F)c2)S1(=O)=O. The van der Waals surface area contributed by atoms with Crippen LogP contribution in [0.15, 0.2) is 18.2 Å². The quantitative estimate of drug-likeness (QED) is 0.876. The zero-order valence-corrected chi connectivity index (χ0v) is 14.6. The number of nitrogens with zero attached hydrogens (tertiary/aromatic N) is 2. The summed E-state index contributed by atoms with van der Waals surface area (Å²) in [6.45, 7) is 3.40. The van der Waals surface area contributed by atoms with Gasteiger partial charge in [0.1, 0.15) is 0 Å². The topological polar surface area (TPSA) is 81.4 Å². The average molecular weight is 376 g/mol. The number of rotatable bonds is 4. The van der Waals surface area contributed by atoms with Gasteiger partial charge in [-0.25, -0.2) is 8.42 Å². The van der Waals surface area contributed by atoms with E-state index < -0.39 is 44.6 Å². The van der Waals surface area contributed by atoms with E-state index in [-0.39, 0.29) is 18.7 Å². The predicted octanol–water partition coefficient (Wildman–Crippen LogP) is 2.89. The van der Waals surface area contributed by atoms with Gasteiger partial charge in [-0.05, 0) is 31.0 Å². The molecule has 0 aromatic heterocycles. The van der Waals surface area contributed by atoms with Crippen LogP contribution in [0.3, 0.4) is 0 Å². The van der Waals surface area contributed by atoms with Crippen molar-refractivity contribution in [1.29, 1.82) is 5.26 Å². The minimum Gasteiger partial charge on any atom is -0.393 e. The summed E-state index contributed by atoms with van der Waals surface area (Å²) in [5.74, 6) is -0.527. The third-order valence-electron chi connectivity index (χ3n) is 4.64. The molecule has 1 aromatic rings. The zero-order valence-electron chi connectivity index (χ0n) is 13.8. The standard InChI is InChI=1S/C16H19F3N2O3S/c1-3-14(22)10(2)15-6-7-21(25(15,23)24)12-5-4-11(9-20)13(8-12)16(17,18)19/h4-5,8,10,14-15,22H,3,6-7H2,1-2H3/t10-,14-,15-/m1/s1. The molecule has 1 heterocycles. The molecular weight excluding hydrogens is 357 g/mol. The number of benzene rings is 1. The van der Waals surface area contributed by atoms with E-state index in [2.05, 4.69) is 0 Å². The fraction of sp³-hybridized carbons (Fsp3) is 0.562. The molecule has 0 bridgehead atoms. The summed E-state index contributed by atoms with van der Waals surface area (Å²) in [6, 6.07) is 4.34. The molecule has 1 aliphatic heterocycles. The van der Waals surface area contributed by atoms with Crippen molar-refractivity contribution in [2.45, 2.75) is 44.2 Å². The van der Waals surface area contributed by atoms with Crippen LogP contribution in [0.4, 0.5) is 18.9 Å². The fourth-order valence-electron chi connectivity index (χ4n) is 3.13. The molecule has 1 aromatic carbocycles. The van der Waals surface area contributed by atoms with Crippen LogP contribution in [-0.4, -0.2) is 31.4 Å². The molecule has 1 saturated heterocycles. The summed E-state index contributed by atoms with van der Waals surface area (Å²) in [4.78, 5) is 0. The summed E-state index contributed by atoms with van der Waals surface area (Å²) in [5, 5.41) is 17.9. The Labute approximate surface area is 144 Å². The highest BCUT2D eigenvalue weighted by atomic mass is 32.2. The fourth-order valence-corrected chi connectivity index (χ4v) is 5.35. The van der Waals surface area contributed by atoms with Crippen LogP contribution >= 0.6 is 0 Å². The minimum atomic E-state index is -4.75. The van der Waals surface area contributed by atoms with Crippen LogP contribution in [0, 0.1) is 17.2 Å². The molecule has 9 heteroatoms. The lowest BCUT2D eigenvalue weighted by Crippen LogP contribution is -2.37. The molecule has 0 radical (unpaired) electrons. The smallest absolute Gasteiger partial charge is 0.393 e. The third kappa shape index (κ3) is 3.60. The van der Waals surface area contributed by atoms with Gasteiger partial charge in [-0.15, -0.1) is 0 Å². The van der Waals surface area contributed by atoms with Gasteiger partial charge in [0.15, 0.2) is 0 Å². The molecule has 0 saturated carbocycles. The Kier molecular flexibility index (Phi) is 5.35. The van der Waals surface area contributed by atoms with Crippen LogP contribution < -0.4 is 4.31 Å². The second-order valence-corrected chi connectivity index (χ2v) is 8.19. The van der Waals surface area contributed by atoms with E-state index >= 15 is 0 Å². The van der Waals surface area contributed by atoms with Crippen molar-refractivity contribution in [3.63, 3.8) is 0 Å². The zero-order chi connectivity index (χ0) is 19.0. The van der Waals surface area contributed by atoms with Crippen LogP contribution in [0.1, 0.15) is 37.8 Å². The first-order valence-electron chi connectivity index (χ1n) is 7.85. The van der Waals surface area contributed by atoms with Crippen LogP contribution in [0.2, 0.25) is 0 Å². The molecule has 0 unspecified atom stereocenters. The van der Waals surface area contributed by atoms with Crippen molar-refractivity contribution in [2.24, 2.45) is 5.92 Å². The van der Waals surface area contributed by atoms with E-state index in [9.17, 15) is 26.7 Å². The Morgan fingerprint density at radius 2 is 2.08 bits per heavy atom. The Hall–Kier alpha value is -1.79. The molecule has 0 amide bonds. The van der Waals surface area contributed by atoms with Crippen molar-refractivity contribution < 1.29 is 26.7 Å². The Bertz CT molecular complexity index is 787. The number of halogens is 3. The van der Waals surface area contributed by atoms with Gasteiger partial charge in [-0.2, -0.15) is 18.4 Å². The number of hydrogen-bond donors (Lipinski definition) is 1. The number of aliphatic hydroxyl groups is 1. The van der Waals surface area contributed by atoms with E-state index in [1.807, 2.05) is 0 Å². The maximum absolute atomic E-state index is 13.1. The maximum Gasteiger partial charge on any atom is 0.417 e. The summed E-state index contributed by atoms with van der Waals surface area (Å²) < 4.78 is 65.7. The van der Waals surface area contributed by atoms with Gasteiger partial charge in [-0.3, -0.25) is 4.31 Å². The predicted molar refractivity (Wildman–Crippen MR) is 86.3 cm³/mol. The number of alkyl halides is 3. The molecule has 138 valence electrons. The third-order valence-corrected chi connectivity index (χ3v) is 7.07. The van der Waals surface area contributed by atoms with Crippen molar-refractivity contribution >= 4 is 15.7 Å². The van der Waals surface area contributed by atoms with Gasteiger partial charge >= 0.3 is 6.18 Å². The van der Waals surface area contributed by atoms with Gasteiger partial charge < -0.3 is 5.11 Å². The molecule has 0 spiro atoms. The van der Waals surface area contributed by atoms with Gasteiger partial charge in [-0.1, -0.05) is 13.8 Å². The number of hydrogen-bond acceptors (Lipinski definition) is 4. The Morgan fingerprint density at radius 3 is 2.60 bits per heavy atom. The molecule has 25 heavy (non-hydrogen) atoms. The maximum atomic E-state index is 13.1. The van der Waals surface area contributed by atoms with Crippen LogP contribution in [0.5, 0.6) is 0 Å². The second kappa shape index (κ2) is 6.84. The average Bonchev–Trinajstić information content (AvgIpc) is 2.86. The monoisotopic (exact) mass is 376 g/mol. The normalized spacial score (nSPS) is 22.4.